The number of carboxylic acids is 1. The summed E-state index contributed by atoms with van der Waals surface area (Å²) >= 11 is 0. The molecule has 0 spiro atoms. The second-order valence-electron chi connectivity index (χ2n) is 3.94. The highest BCUT2D eigenvalue weighted by atomic mass is 16.6. The third kappa shape index (κ3) is 0.987. The lowest BCUT2D eigenvalue weighted by Gasteiger charge is -2.39. The summed E-state index contributed by atoms with van der Waals surface area (Å²) in [5, 5.41) is 8.86. The quantitative estimate of drug-likeness (QED) is 0.658. The number of aliphatic carboxylic acids is 1. The van der Waals surface area contributed by atoms with Crippen LogP contribution < -0.4 is 0 Å². The highest BCUT2D eigenvalue weighted by Crippen LogP contribution is 2.58. The van der Waals surface area contributed by atoms with Crippen LogP contribution in [0.15, 0.2) is 0 Å². The summed E-state index contributed by atoms with van der Waals surface area (Å²) in [6.45, 7) is 2.23. The van der Waals surface area contributed by atoms with E-state index in [9.17, 15) is 9.59 Å². The van der Waals surface area contributed by atoms with Gasteiger partial charge in [-0.05, 0) is 6.92 Å². The molecule has 0 aromatic carbocycles. The molecule has 2 saturated heterocycles. The van der Waals surface area contributed by atoms with E-state index in [-0.39, 0.29) is 25.4 Å². The number of hydrogen-bond donors (Lipinski definition) is 1. The lowest BCUT2D eigenvalue weighted by atomic mass is 9.62. The molecular formula is C9H12O5. The summed E-state index contributed by atoms with van der Waals surface area (Å²) in [4.78, 5) is 22.3. The van der Waals surface area contributed by atoms with Crippen molar-refractivity contribution in [1.82, 2.24) is 0 Å². The second-order valence-corrected chi connectivity index (χ2v) is 3.94. The molecule has 0 unspecified atom stereocenters. The van der Waals surface area contributed by atoms with Crippen LogP contribution in [-0.2, 0) is 19.1 Å². The molecule has 78 valence electrons. The van der Waals surface area contributed by atoms with Gasteiger partial charge in [0.15, 0.2) is 5.60 Å². The van der Waals surface area contributed by atoms with Crippen molar-refractivity contribution in [2.75, 3.05) is 13.2 Å². The fourth-order valence-electron chi connectivity index (χ4n) is 2.22. The van der Waals surface area contributed by atoms with Crippen molar-refractivity contribution in [3.05, 3.63) is 0 Å². The van der Waals surface area contributed by atoms with Crippen LogP contribution in [0.25, 0.3) is 0 Å². The zero-order chi connectivity index (χ0) is 10.4. The molecule has 1 saturated carbocycles. The molecule has 1 N–H and O–H groups in total. The topological polar surface area (TPSA) is 72.8 Å². The molecule has 0 aromatic heterocycles. The van der Waals surface area contributed by atoms with Crippen LogP contribution in [0.1, 0.15) is 19.8 Å². The summed E-state index contributed by atoms with van der Waals surface area (Å²) in [6, 6.07) is 0. The van der Waals surface area contributed by atoms with E-state index in [2.05, 4.69) is 0 Å². The van der Waals surface area contributed by atoms with Crippen LogP contribution in [0.5, 0.6) is 0 Å². The van der Waals surface area contributed by atoms with E-state index in [1.807, 2.05) is 0 Å². The summed E-state index contributed by atoms with van der Waals surface area (Å²) in [5.41, 5.74) is -1.78. The van der Waals surface area contributed by atoms with Gasteiger partial charge in [0.05, 0.1) is 18.6 Å². The fourth-order valence-corrected chi connectivity index (χ4v) is 2.22. The minimum absolute atomic E-state index is 0.179. The normalized spacial score (nSPS) is 38.9. The first-order chi connectivity index (χ1) is 6.55. The minimum atomic E-state index is -1.10. The van der Waals surface area contributed by atoms with Gasteiger partial charge in [-0.3, -0.25) is 4.79 Å². The second kappa shape index (κ2) is 2.70. The van der Waals surface area contributed by atoms with Crippen LogP contribution in [-0.4, -0.2) is 35.9 Å². The van der Waals surface area contributed by atoms with Gasteiger partial charge in [0.25, 0.3) is 0 Å². The van der Waals surface area contributed by atoms with Gasteiger partial charge < -0.3 is 14.6 Å². The van der Waals surface area contributed by atoms with Crippen LogP contribution in [0, 0.1) is 5.41 Å². The first kappa shape index (κ1) is 9.45. The Labute approximate surface area is 81.0 Å². The van der Waals surface area contributed by atoms with Crippen molar-refractivity contribution in [3.63, 3.8) is 0 Å². The van der Waals surface area contributed by atoms with E-state index in [1.165, 1.54) is 0 Å². The number of esters is 1. The SMILES string of the molecule is CCOC(=O)C12COC(C(=O)O)(C1)C2. The van der Waals surface area contributed by atoms with Crippen molar-refractivity contribution in [3.8, 4) is 0 Å². The van der Waals surface area contributed by atoms with Gasteiger partial charge in [-0.15, -0.1) is 0 Å². The third-order valence-electron chi connectivity index (χ3n) is 2.97. The average Bonchev–Trinajstić information content (AvgIpc) is 2.58. The first-order valence-electron chi connectivity index (χ1n) is 4.59. The zero-order valence-electron chi connectivity index (χ0n) is 7.91. The zero-order valence-corrected chi connectivity index (χ0v) is 7.91. The monoisotopic (exact) mass is 200 g/mol. The number of carbonyl (C=O) groups excluding carboxylic acids is 1. The lowest BCUT2D eigenvalue weighted by molar-refractivity contribution is -0.171. The lowest BCUT2D eigenvalue weighted by Crippen LogP contribution is -2.53. The summed E-state index contributed by atoms with van der Waals surface area (Å²) < 4.78 is 10.0. The summed E-state index contributed by atoms with van der Waals surface area (Å²) in [5.74, 6) is -1.30. The molecule has 3 aliphatic rings. The van der Waals surface area contributed by atoms with Gasteiger partial charge in [-0.1, -0.05) is 0 Å². The van der Waals surface area contributed by atoms with Gasteiger partial charge in [0, 0.05) is 12.8 Å². The molecule has 0 aromatic rings. The molecule has 0 radical (unpaired) electrons. The Hall–Kier alpha value is -1.10. The molecule has 1 aliphatic carbocycles. The van der Waals surface area contributed by atoms with E-state index in [1.54, 1.807) is 6.92 Å². The van der Waals surface area contributed by atoms with Crippen molar-refractivity contribution < 1.29 is 24.2 Å². The smallest absolute Gasteiger partial charge is 0.336 e. The summed E-state index contributed by atoms with van der Waals surface area (Å²) in [7, 11) is 0. The van der Waals surface area contributed by atoms with Crippen molar-refractivity contribution in [2.45, 2.75) is 25.4 Å². The Balaban J connectivity index is 2.07. The van der Waals surface area contributed by atoms with E-state index in [0.29, 0.717) is 6.61 Å². The van der Waals surface area contributed by atoms with E-state index in [4.69, 9.17) is 14.6 Å². The Morgan fingerprint density at radius 2 is 2.14 bits per heavy atom. The van der Waals surface area contributed by atoms with Crippen LogP contribution in [0.4, 0.5) is 0 Å². The predicted octanol–water partition coefficient (Wildman–Crippen LogP) is 0.183. The summed E-state index contributed by atoms with van der Waals surface area (Å²) in [6.07, 6.45) is 0.516. The highest BCUT2D eigenvalue weighted by molar-refractivity contribution is 5.88. The van der Waals surface area contributed by atoms with Crippen molar-refractivity contribution in [2.24, 2.45) is 5.41 Å². The number of rotatable bonds is 3. The Morgan fingerprint density at radius 1 is 1.50 bits per heavy atom. The van der Waals surface area contributed by atoms with Crippen LogP contribution in [0.3, 0.4) is 0 Å². The molecule has 5 heteroatoms. The van der Waals surface area contributed by atoms with E-state index >= 15 is 0 Å². The van der Waals surface area contributed by atoms with Gasteiger partial charge in [0.1, 0.15) is 0 Å². The molecule has 14 heavy (non-hydrogen) atoms. The van der Waals surface area contributed by atoms with Crippen LogP contribution in [0.2, 0.25) is 0 Å². The Kier molecular flexibility index (Phi) is 1.82. The molecule has 0 atom stereocenters. The van der Waals surface area contributed by atoms with E-state index < -0.39 is 17.0 Å². The number of ether oxygens (including phenoxy) is 2. The van der Waals surface area contributed by atoms with Gasteiger partial charge in [-0.25, -0.2) is 4.79 Å². The largest absolute Gasteiger partial charge is 0.479 e. The Morgan fingerprint density at radius 3 is 2.57 bits per heavy atom. The maximum atomic E-state index is 11.5. The molecular weight excluding hydrogens is 188 g/mol. The van der Waals surface area contributed by atoms with E-state index in [0.717, 1.165) is 0 Å². The van der Waals surface area contributed by atoms with Gasteiger partial charge in [-0.2, -0.15) is 0 Å². The third-order valence-corrected chi connectivity index (χ3v) is 2.97. The molecule has 3 rings (SSSR count). The standard InChI is InChI=1S/C9H12O5/c1-2-13-7(12)8-3-9(4-8,6(10)11)14-5-8/h2-5H2,1H3,(H,10,11). The maximum Gasteiger partial charge on any atom is 0.336 e. The number of carbonyl (C=O) groups is 2. The van der Waals surface area contributed by atoms with Gasteiger partial charge in [0.2, 0.25) is 0 Å². The Bertz CT molecular complexity index is 290. The molecule has 5 nitrogen and oxygen atoms in total. The van der Waals surface area contributed by atoms with Crippen molar-refractivity contribution >= 4 is 11.9 Å². The highest BCUT2D eigenvalue weighted by Gasteiger charge is 2.70. The first-order valence-corrected chi connectivity index (χ1v) is 4.59. The molecule has 3 fully saturated rings. The average molecular weight is 200 g/mol. The fraction of sp³-hybridized carbons (Fsp3) is 0.778. The maximum absolute atomic E-state index is 11.5. The number of fused-ring (bicyclic) bond motifs is 1. The van der Waals surface area contributed by atoms with Crippen LogP contribution >= 0.6 is 0 Å². The van der Waals surface area contributed by atoms with Gasteiger partial charge >= 0.3 is 11.9 Å². The molecule has 2 bridgehead atoms. The predicted molar refractivity (Wildman–Crippen MR) is 44.6 cm³/mol. The van der Waals surface area contributed by atoms with Crippen molar-refractivity contribution in [1.29, 1.82) is 0 Å². The minimum Gasteiger partial charge on any atom is -0.479 e. The molecule has 2 heterocycles. The molecule has 0 amide bonds. The number of carboxylic acid groups (broad SMARTS) is 1. The molecule has 2 aliphatic heterocycles. The number of hydrogen-bond acceptors (Lipinski definition) is 4.